The highest BCUT2D eigenvalue weighted by Gasteiger charge is 2.16. The minimum atomic E-state index is 0.217. The van der Waals surface area contributed by atoms with Crippen molar-refractivity contribution < 1.29 is 4.79 Å². The fraction of sp³-hybridized carbons (Fsp3) is 0.909. The zero-order chi connectivity index (χ0) is 11.3. The molecule has 1 amide bonds. The van der Waals surface area contributed by atoms with Crippen LogP contribution in [0.5, 0.6) is 0 Å². The first kappa shape index (κ1) is 13.4. The van der Waals surface area contributed by atoms with E-state index in [-0.39, 0.29) is 5.91 Å². The summed E-state index contributed by atoms with van der Waals surface area (Å²) in [6, 6.07) is 0.936. The van der Waals surface area contributed by atoms with E-state index < -0.39 is 0 Å². The number of likely N-dealkylation sites (N-methyl/N-ethyl adjacent to an activating group) is 2. The largest absolute Gasteiger partial charge is 0.344 e. The van der Waals surface area contributed by atoms with Crippen molar-refractivity contribution in [3.8, 4) is 0 Å². The Morgan fingerprint density at radius 2 is 1.71 bits per heavy atom. The molecule has 0 fully saturated rings. The van der Waals surface area contributed by atoms with Crippen molar-refractivity contribution in [3.63, 3.8) is 0 Å². The highest BCUT2D eigenvalue weighted by Crippen LogP contribution is 2.03. The fourth-order valence-electron chi connectivity index (χ4n) is 1.41. The first-order chi connectivity index (χ1) is 6.40. The standard InChI is InChI=1S/C11H24N2O/c1-7-11(14)12(5)8-10(4)13(6)9(2)3/h9-10H,7-8H2,1-6H3. The lowest BCUT2D eigenvalue weighted by Gasteiger charge is -2.31. The second-order valence-electron chi connectivity index (χ2n) is 4.24. The number of amides is 1. The quantitative estimate of drug-likeness (QED) is 0.673. The van der Waals surface area contributed by atoms with Crippen LogP contribution in [0.4, 0.5) is 0 Å². The van der Waals surface area contributed by atoms with Crippen LogP contribution in [0.15, 0.2) is 0 Å². The van der Waals surface area contributed by atoms with Gasteiger partial charge in [0.05, 0.1) is 0 Å². The molecule has 0 saturated carbocycles. The fourth-order valence-corrected chi connectivity index (χ4v) is 1.41. The monoisotopic (exact) mass is 200 g/mol. The SMILES string of the molecule is CCC(=O)N(C)CC(C)N(C)C(C)C. The van der Waals surface area contributed by atoms with Crippen molar-refractivity contribution in [1.82, 2.24) is 9.80 Å². The highest BCUT2D eigenvalue weighted by molar-refractivity contribution is 5.75. The molecule has 0 saturated heterocycles. The maximum atomic E-state index is 11.3. The van der Waals surface area contributed by atoms with E-state index in [1.54, 1.807) is 0 Å². The molecule has 0 radical (unpaired) electrons. The Balaban J connectivity index is 4.05. The maximum Gasteiger partial charge on any atom is 0.222 e. The lowest BCUT2D eigenvalue weighted by molar-refractivity contribution is -0.130. The van der Waals surface area contributed by atoms with Crippen LogP contribution in [0.2, 0.25) is 0 Å². The predicted molar refractivity (Wildman–Crippen MR) is 60.3 cm³/mol. The van der Waals surface area contributed by atoms with Crippen molar-refractivity contribution in [3.05, 3.63) is 0 Å². The molecule has 0 aliphatic rings. The van der Waals surface area contributed by atoms with E-state index in [4.69, 9.17) is 0 Å². The molecule has 0 spiro atoms. The third-order valence-electron chi connectivity index (χ3n) is 2.78. The second kappa shape index (κ2) is 6.02. The van der Waals surface area contributed by atoms with Crippen molar-refractivity contribution in [2.75, 3.05) is 20.6 Å². The number of nitrogens with zero attached hydrogens (tertiary/aromatic N) is 2. The molecule has 84 valence electrons. The summed E-state index contributed by atoms with van der Waals surface area (Å²) in [4.78, 5) is 15.4. The van der Waals surface area contributed by atoms with Crippen LogP contribution in [0.3, 0.4) is 0 Å². The van der Waals surface area contributed by atoms with E-state index in [0.717, 1.165) is 6.54 Å². The maximum absolute atomic E-state index is 11.3. The van der Waals surface area contributed by atoms with Gasteiger partial charge in [-0.05, 0) is 27.8 Å². The third-order valence-corrected chi connectivity index (χ3v) is 2.78. The lowest BCUT2D eigenvalue weighted by Crippen LogP contribution is -2.43. The summed E-state index contributed by atoms with van der Waals surface area (Å²) in [5.74, 6) is 0.217. The van der Waals surface area contributed by atoms with E-state index >= 15 is 0 Å². The van der Waals surface area contributed by atoms with E-state index in [2.05, 4.69) is 32.7 Å². The molecular weight excluding hydrogens is 176 g/mol. The molecule has 3 nitrogen and oxygen atoms in total. The normalized spacial score (nSPS) is 13.4. The smallest absolute Gasteiger partial charge is 0.222 e. The van der Waals surface area contributed by atoms with E-state index in [1.165, 1.54) is 0 Å². The predicted octanol–water partition coefficient (Wildman–Crippen LogP) is 1.58. The molecule has 0 aromatic carbocycles. The Bertz CT molecular complexity index is 180. The topological polar surface area (TPSA) is 23.6 Å². The van der Waals surface area contributed by atoms with Gasteiger partial charge in [0.25, 0.3) is 0 Å². The number of hydrogen-bond donors (Lipinski definition) is 0. The molecule has 1 atom stereocenters. The average Bonchev–Trinajstić information content (AvgIpc) is 2.14. The minimum absolute atomic E-state index is 0.217. The summed E-state index contributed by atoms with van der Waals surface area (Å²) >= 11 is 0. The Morgan fingerprint density at radius 1 is 1.21 bits per heavy atom. The molecule has 0 aliphatic carbocycles. The van der Waals surface area contributed by atoms with Gasteiger partial charge in [0.2, 0.25) is 5.91 Å². The zero-order valence-electron chi connectivity index (χ0n) is 10.4. The number of carbonyl (C=O) groups excluding carboxylic acids is 1. The van der Waals surface area contributed by atoms with Gasteiger partial charge in [0, 0.05) is 32.1 Å². The summed E-state index contributed by atoms with van der Waals surface area (Å²) in [6.07, 6.45) is 0.592. The third kappa shape index (κ3) is 4.09. The molecule has 3 heteroatoms. The van der Waals surface area contributed by atoms with Gasteiger partial charge in [-0.25, -0.2) is 0 Å². The first-order valence-electron chi connectivity index (χ1n) is 5.36. The lowest BCUT2D eigenvalue weighted by atomic mass is 10.2. The van der Waals surface area contributed by atoms with Gasteiger partial charge >= 0.3 is 0 Å². The Labute approximate surface area is 88.1 Å². The minimum Gasteiger partial charge on any atom is -0.344 e. The number of rotatable bonds is 5. The van der Waals surface area contributed by atoms with Crippen molar-refractivity contribution in [2.45, 2.75) is 46.2 Å². The highest BCUT2D eigenvalue weighted by atomic mass is 16.2. The average molecular weight is 200 g/mol. The summed E-state index contributed by atoms with van der Waals surface area (Å²) in [7, 11) is 3.97. The van der Waals surface area contributed by atoms with Gasteiger partial charge in [-0.15, -0.1) is 0 Å². The molecule has 0 N–H and O–H groups in total. The summed E-state index contributed by atoms with van der Waals surface area (Å²) < 4.78 is 0. The molecular formula is C11H24N2O. The summed E-state index contributed by atoms with van der Waals surface area (Å²) in [6.45, 7) is 9.19. The van der Waals surface area contributed by atoms with E-state index in [9.17, 15) is 4.79 Å². The van der Waals surface area contributed by atoms with Crippen LogP contribution in [-0.4, -0.2) is 48.4 Å². The van der Waals surface area contributed by atoms with Crippen LogP contribution in [-0.2, 0) is 4.79 Å². The molecule has 0 aromatic heterocycles. The molecule has 0 aromatic rings. The Morgan fingerprint density at radius 3 is 2.07 bits per heavy atom. The zero-order valence-corrected chi connectivity index (χ0v) is 10.4. The molecule has 0 aliphatic heterocycles. The molecule has 0 rings (SSSR count). The Hall–Kier alpha value is -0.570. The van der Waals surface area contributed by atoms with Gasteiger partial charge < -0.3 is 4.90 Å². The van der Waals surface area contributed by atoms with Crippen LogP contribution in [0.1, 0.15) is 34.1 Å². The van der Waals surface area contributed by atoms with Gasteiger partial charge in [0.1, 0.15) is 0 Å². The van der Waals surface area contributed by atoms with Gasteiger partial charge in [0.15, 0.2) is 0 Å². The van der Waals surface area contributed by atoms with Crippen LogP contribution in [0.25, 0.3) is 0 Å². The van der Waals surface area contributed by atoms with E-state index in [1.807, 2.05) is 18.9 Å². The van der Waals surface area contributed by atoms with Crippen LogP contribution >= 0.6 is 0 Å². The first-order valence-corrected chi connectivity index (χ1v) is 5.36. The van der Waals surface area contributed by atoms with E-state index in [0.29, 0.717) is 18.5 Å². The number of hydrogen-bond acceptors (Lipinski definition) is 2. The second-order valence-corrected chi connectivity index (χ2v) is 4.24. The van der Waals surface area contributed by atoms with Gasteiger partial charge in [-0.2, -0.15) is 0 Å². The molecule has 1 unspecified atom stereocenters. The molecule has 0 heterocycles. The van der Waals surface area contributed by atoms with Crippen LogP contribution in [0, 0.1) is 0 Å². The van der Waals surface area contributed by atoms with Crippen molar-refractivity contribution in [1.29, 1.82) is 0 Å². The van der Waals surface area contributed by atoms with Gasteiger partial charge in [-0.3, -0.25) is 9.69 Å². The molecule has 0 bridgehead atoms. The van der Waals surface area contributed by atoms with Crippen molar-refractivity contribution >= 4 is 5.91 Å². The summed E-state index contributed by atoms with van der Waals surface area (Å²) in [5.41, 5.74) is 0. The Kier molecular flexibility index (Phi) is 5.77. The number of carbonyl (C=O) groups is 1. The van der Waals surface area contributed by atoms with Crippen LogP contribution < -0.4 is 0 Å². The summed E-state index contributed by atoms with van der Waals surface area (Å²) in [5, 5.41) is 0. The van der Waals surface area contributed by atoms with Gasteiger partial charge in [-0.1, -0.05) is 6.92 Å². The van der Waals surface area contributed by atoms with Crippen molar-refractivity contribution in [2.24, 2.45) is 0 Å². The molecule has 14 heavy (non-hydrogen) atoms.